The molecule has 0 fully saturated rings. The van der Waals surface area contributed by atoms with Gasteiger partial charge >= 0.3 is 29.0 Å². The molecular formula is C5H9CuO4. The Bertz CT molecular complexity index is 89.8. The third-order valence-electron chi connectivity index (χ3n) is 0.183. The molecule has 5 heteroatoms. The maximum absolute atomic E-state index is 9.10. The van der Waals surface area contributed by atoms with Crippen molar-refractivity contribution < 1.29 is 36.9 Å². The van der Waals surface area contributed by atoms with E-state index in [-0.39, 0.29) is 17.1 Å². The van der Waals surface area contributed by atoms with Crippen LogP contribution in [0.3, 0.4) is 0 Å². The van der Waals surface area contributed by atoms with Crippen LogP contribution in [-0.2, 0) is 26.7 Å². The van der Waals surface area contributed by atoms with Crippen molar-refractivity contribution in [1.29, 1.82) is 0 Å². The van der Waals surface area contributed by atoms with Crippen LogP contribution >= 0.6 is 0 Å². The first-order valence-corrected chi connectivity index (χ1v) is 2.26. The Morgan fingerprint density at radius 3 is 1.20 bits per heavy atom. The van der Waals surface area contributed by atoms with E-state index in [2.05, 4.69) is 0 Å². The molecule has 4 nitrogen and oxygen atoms in total. The van der Waals surface area contributed by atoms with Crippen LogP contribution in [0.4, 0.5) is 0 Å². The van der Waals surface area contributed by atoms with Crippen LogP contribution in [0.1, 0.15) is 13.8 Å². The van der Waals surface area contributed by atoms with Crippen LogP contribution in [0.15, 0.2) is 0 Å². The largest absolute Gasteiger partial charge is 1.00 e. The van der Waals surface area contributed by atoms with Gasteiger partial charge in [-0.25, -0.2) is 9.59 Å². The fraction of sp³-hybridized carbons (Fsp3) is 0.400. The molecule has 0 heterocycles. The Morgan fingerprint density at radius 1 is 1.10 bits per heavy atom. The molecule has 0 saturated heterocycles. The van der Waals surface area contributed by atoms with Crippen LogP contribution in [0.25, 0.3) is 0 Å². The van der Waals surface area contributed by atoms with E-state index in [1.807, 2.05) is 20.3 Å². The van der Waals surface area contributed by atoms with Gasteiger partial charge in [-0.3, -0.25) is 0 Å². The first kappa shape index (κ1) is 16.2. The molecule has 0 amide bonds. The predicted molar refractivity (Wildman–Crippen MR) is 30.9 cm³/mol. The standard InChI is InChI=1S/C3H7.C2H2O4.Cu/c1-3-2;3-1(4)2(5)6;/h3H,1-2H3;(H,3,4)(H,5,6);/q-1;;+1. The van der Waals surface area contributed by atoms with E-state index in [4.69, 9.17) is 19.8 Å². The summed E-state index contributed by atoms with van der Waals surface area (Å²) in [6.07, 6.45) is 2.00. The van der Waals surface area contributed by atoms with Crippen LogP contribution in [-0.4, -0.2) is 22.2 Å². The molecule has 0 aromatic carbocycles. The van der Waals surface area contributed by atoms with Crippen molar-refractivity contribution in [1.82, 2.24) is 0 Å². The monoisotopic (exact) mass is 196 g/mol. The Morgan fingerprint density at radius 2 is 1.20 bits per heavy atom. The summed E-state index contributed by atoms with van der Waals surface area (Å²) < 4.78 is 0. The molecule has 0 atom stereocenters. The van der Waals surface area contributed by atoms with Crippen molar-refractivity contribution in [3.63, 3.8) is 0 Å². The summed E-state index contributed by atoms with van der Waals surface area (Å²) in [7, 11) is 0. The van der Waals surface area contributed by atoms with E-state index in [1.165, 1.54) is 0 Å². The van der Waals surface area contributed by atoms with Gasteiger partial charge in [0.25, 0.3) is 0 Å². The van der Waals surface area contributed by atoms with Gasteiger partial charge in [0.2, 0.25) is 0 Å². The van der Waals surface area contributed by atoms with Crippen LogP contribution in [0, 0.1) is 6.42 Å². The van der Waals surface area contributed by atoms with Crippen molar-refractivity contribution >= 4 is 11.9 Å². The van der Waals surface area contributed by atoms with Crippen molar-refractivity contribution in [2.45, 2.75) is 13.8 Å². The summed E-state index contributed by atoms with van der Waals surface area (Å²) in [6, 6.07) is 0. The molecule has 0 bridgehead atoms. The maximum Gasteiger partial charge on any atom is 1.00 e. The number of rotatable bonds is 0. The van der Waals surface area contributed by atoms with E-state index in [0.29, 0.717) is 0 Å². The smallest absolute Gasteiger partial charge is 0.473 e. The minimum Gasteiger partial charge on any atom is -0.473 e. The zero-order valence-electron chi connectivity index (χ0n) is 5.59. The van der Waals surface area contributed by atoms with E-state index < -0.39 is 11.9 Å². The summed E-state index contributed by atoms with van der Waals surface area (Å²) in [5, 5.41) is 14.8. The molecule has 0 unspecified atom stereocenters. The van der Waals surface area contributed by atoms with E-state index >= 15 is 0 Å². The number of hydrogen-bond donors (Lipinski definition) is 2. The number of carboxylic acid groups (broad SMARTS) is 2. The first-order chi connectivity index (χ1) is 4.06. The fourth-order valence-corrected chi connectivity index (χ4v) is 0. The molecule has 0 saturated carbocycles. The van der Waals surface area contributed by atoms with Gasteiger partial charge in [-0.1, -0.05) is 0 Å². The average Bonchev–Trinajstić information content (AvgIpc) is 1.68. The first-order valence-electron chi connectivity index (χ1n) is 2.26. The molecule has 0 aliphatic heterocycles. The van der Waals surface area contributed by atoms with Gasteiger partial charge in [0.1, 0.15) is 0 Å². The Kier molecular flexibility index (Phi) is 18.3. The molecular weight excluding hydrogens is 188 g/mol. The van der Waals surface area contributed by atoms with Gasteiger partial charge in [0.05, 0.1) is 0 Å². The van der Waals surface area contributed by atoms with E-state index in [9.17, 15) is 0 Å². The quantitative estimate of drug-likeness (QED) is 0.334. The molecule has 0 rings (SSSR count). The van der Waals surface area contributed by atoms with Crippen LogP contribution in [0.2, 0.25) is 0 Å². The summed E-state index contributed by atoms with van der Waals surface area (Å²) in [6.45, 7) is 4.00. The minimum absolute atomic E-state index is 0. The second kappa shape index (κ2) is 11.3. The number of carbonyl (C=O) groups is 2. The van der Waals surface area contributed by atoms with Gasteiger partial charge in [-0.05, 0) is 0 Å². The number of aliphatic carboxylic acids is 2. The third kappa shape index (κ3) is 26.0. The molecule has 0 aliphatic carbocycles. The van der Waals surface area contributed by atoms with Crippen molar-refractivity contribution in [2.24, 2.45) is 0 Å². The molecule has 0 spiro atoms. The van der Waals surface area contributed by atoms with Gasteiger partial charge < -0.3 is 16.6 Å². The SMILES string of the molecule is C[CH-]C.O=C(O)C(=O)O.[Cu+]. The molecule has 2 N–H and O–H groups in total. The topological polar surface area (TPSA) is 74.6 Å². The van der Waals surface area contributed by atoms with Crippen LogP contribution < -0.4 is 0 Å². The second-order valence-electron chi connectivity index (χ2n) is 1.19. The molecule has 10 heavy (non-hydrogen) atoms. The van der Waals surface area contributed by atoms with Crippen molar-refractivity contribution in [3.8, 4) is 0 Å². The molecule has 0 aromatic heterocycles. The third-order valence-corrected chi connectivity index (χ3v) is 0.183. The van der Waals surface area contributed by atoms with E-state index in [1.54, 1.807) is 0 Å². The second-order valence-corrected chi connectivity index (χ2v) is 1.19. The van der Waals surface area contributed by atoms with Crippen LogP contribution in [0.5, 0.6) is 0 Å². The van der Waals surface area contributed by atoms with Gasteiger partial charge in [0, 0.05) is 0 Å². The zero-order valence-corrected chi connectivity index (χ0v) is 6.53. The van der Waals surface area contributed by atoms with E-state index in [0.717, 1.165) is 0 Å². The average molecular weight is 197 g/mol. The summed E-state index contributed by atoms with van der Waals surface area (Å²) in [4.78, 5) is 18.2. The van der Waals surface area contributed by atoms with Gasteiger partial charge in [0.15, 0.2) is 0 Å². The molecule has 64 valence electrons. The van der Waals surface area contributed by atoms with Crippen molar-refractivity contribution in [3.05, 3.63) is 6.42 Å². The zero-order chi connectivity index (χ0) is 7.86. The number of carboxylic acids is 2. The Labute approximate surface area is 69.7 Å². The Balaban J connectivity index is -0.000000107. The summed E-state index contributed by atoms with van der Waals surface area (Å²) in [5.74, 6) is -3.65. The predicted octanol–water partition coefficient (Wildman–Crippen LogP) is 0.384. The maximum atomic E-state index is 9.10. The number of hydrogen-bond acceptors (Lipinski definition) is 2. The fourth-order valence-electron chi connectivity index (χ4n) is 0. The van der Waals surface area contributed by atoms with Crippen molar-refractivity contribution in [2.75, 3.05) is 0 Å². The van der Waals surface area contributed by atoms with Gasteiger partial charge in [-0.15, -0.1) is 0 Å². The Hall–Kier alpha value is -0.541. The minimum atomic E-state index is -1.82. The summed E-state index contributed by atoms with van der Waals surface area (Å²) >= 11 is 0. The van der Waals surface area contributed by atoms with Gasteiger partial charge in [-0.2, -0.15) is 13.8 Å². The molecule has 0 aliphatic rings. The normalized spacial score (nSPS) is 6.20. The molecule has 0 radical (unpaired) electrons. The molecule has 0 aromatic rings. The summed E-state index contributed by atoms with van der Waals surface area (Å²) in [5.41, 5.74) is 0.